The zero-order chi connectivity index (χ0) is 13.1. The van der Waals surface area contributed by atoms with E-state index in [1.807, 2.05) is 24.3 Å². The van der Waals surface area contributed by atoms with Crippen LogP contribution in [0.2, 0.25) is 0 Å². The van der Waals surface area contributed by atoms with Crippen molar-refractivity contribution in [1.29, 1.82) is 0 Å². The molecule has 0 aromatic heterocycles. The van der Waals surface area contributed by atoms with Crippen molar-refractivity contribution < 1.29 is 14.3 Å². The lowest BCUT2D eigenvalue weighted by Gasteiger charge is -2.43. The fourth-order valence-electron chi connectivity index (χ4n) is 2.45. The Labute approximate surface area is 107 Å². The number of ether oxygens (including phenoxy) is 2. The van der Waals surface area contributed by atoms with Crippen LogP contribution in [-0.2, 0) is 9.53 Å². The van der Waals surface area contributed by atoms with Gasteiger partial charge in [0.2, 0.25) is 0 Å². The van der Waals surface area contributed by atoms with Crippen LogP contribution in [-0.4, -0.2) is 37.7 Å². The zero-order valence-electron chi connectivity index (χ0n) is 11.1. The maximum absolute atomic E-state index is 11.6. The minimum Gasteiger partial charge on any atom is -0.496 e. The summed E-state index contributed by atoms with van der Waals surface area (Å²) in [5.74, 6) is 0.712. The van der Waals surface area contributed by atoms with Crippen LogP contribution < -0.4 is 4.74 Å². The number of carbonyl (C=O) groups excluding carboxylic acids is 1. The lowest BCUT2D eigenvalue weighted by atomic mass is 9.96. The summed E-state index contributed by atoms with van der Waals surface area (Å²) in [5, 5.41) is 0. The molecule has 1 fully saturated rings. The number of esters is 1. The van der Waals surface area contributed by atoms with Gasteiger partial charge in [-0.2, -0.15) is 0 Å². The Morgan fingerprint density at radius 2 is 2.11 bits per heavy atom. The first-order valence-electron chi connectivity index (χ1n) is 6.15. The van der Waals surface area contributed by atoms with E-state index in [4.69, 9.17) is 9.47 Å². The molecule has 1 aliphatic rings. The van der Waals surface area contributed by atoms with Crippen molar-refractivity contribution in [2.24, 2.45) is 0 Å². The van der Waals surface area contributed by atoms with Gasteiger partial charge in [-0.3, -0.25) is 9.69 Å². The highest BCUT2D eigenvalue weighted by Gasteiger charge is 2.38. The zero-order valence-corrected chi connectivity index (χ0v) is 11.1. The molecule has 2 rings (SSSR count). The number of rotatable bonds is 4. The standard InChI is InChI=1S/C14H19NO3/c1-10(11-6-4-5-7-13(11)17-2)15-9-8-12(15)14(16)18-3/h4-7,10,12H,8-9H2,1-3H3/t10-,12?/m0/s1. The highest BCUT2D eigenvalue weighted by Crippen LogP contribution is 2.34. The number of methoxy groups -OCH3 is 2. The number of benzene rings is 1. The summed E-state index contributed by atoms with van der Waals surface area (Å²) in [6.07, 6.45) is 0.867. The molecule has 0 bridgehead atoms. The second-order valence-electron chi connectivity index (χ2n) is 4.48. The van der Waals surface area contributed by atoms with E-state index in [1.165, 1.54) is 7.11 Å². The third-order valence-electron chi connectivity index (χ3n) is 3.62. The molecule has 98 valence electrons. The van der Waals surface area contributed by atoms with Gasteiger partial charge >= 0.3 is 5.97 Å². The summed E-state index contributed by atoms with van der Waals surface area (Å²) in [7, 11) is 3.10. The quantitative estimate of drug-likeness (QED) is 0.765. The summed E-state index contributed by atoms with van der Waals surface area (Å²) < 4.78 is 10.2. The summed E-state index contributed by atoms with van der Waals surface area (Å²) >= 11 is 0. The minimum atomic E-state index is -0.150. The maximum atomic E-state index is 11.6. The highest BCUT2D eigenvalue weighted by atomic mass is 16.5. The second-order valence-corrected chi connectivity index (χ2v) is 4.48. The molecule has 0 saturated carbocycles. The molecule has 2 atom stereocenters. The second kappa shape index (κ2) is 5.40. The number of hydrogen-bond donors (Lipinski definition) is 0. The Balaban J connectivity index is 2.16. The van der Waals surface area contributed by atoms with Crippen molar-refractivity contribution in [3.8, 4) is 5.75 Å². The van der Waals surface area contributed by atoms with E-state index in [0.717, 1.165) is 24.3 Å². The van der Waals surface area contributed by atoms with Gasteiger partial charge < -0.3 is 9.47 Å². The largest absolute Gasteiger partial charge is 0.496 e. The van der Waals surface area contributed by atoms with E-state index in [0.29, 0.717) is 0 Å². The van der Waals surface area contributed by atoms with Gasteiger partial charge in [-0.25, -0.2) is 0 Å². The average molecular weight is 249 g/mol. The van der Waals surface area contributed by atoms with E-state index in [9.17, 15) is 4.79 Å². The third-order valence-corrected chi connectivity index (χ3v) is 3.62. The molecule has 4 heteroatoms. The fraction of sp³-hybridized carbons (Fsp3) is 0.500. The van der Waals surface area contributed by atoms with E-state index in [-0.39, 0.29) is 18.1 Å². The first-order valence-corrected chi connectivity index (χ1v) is 6.15. The predicted octanol–water partition coefficient (Wildman–Crippen LogP) is 2.00. The summed E-state index contributed by atoms with van der Waals surface area (Å²) in [6.45, 7) is 3.01. The first-order chi connectivity index (χ1) is 8.69. The fourth-order valence-corrected chi connectivity index (χ4v) is 2.45. The van der Waals surface area contributed by atoms with Crippen LogP contribution in [0, 0.1) is 0 Å². The molecular formula is C14H19NO3. The molecule has 0 aliphatic carbocycles. The Morgan fingerprint density at radius 3 is 2.67 bits per heavy atom. The Hall–Kier alpha value is -1.55. The lowest BCUT2D eigenvalue weighted by Crippen LogP contribution is -2.53. The van der Waals surface area contributed by atoms with Gasteiger partial charge in [-0.05, 0) is 19.4 Å². The van der Waals surface area contributed by atoms with Gasteiger partial charge in [0.25, 0.3) is 0 Å². The number of carbonyl (C=O) groups is 1. The van der Waals surface area contributed by atoms with Crippen molar-refractivity contribution in [2.75, 3.05) is 20.8 Å². The summed E-state index contributed by atoms with van der Waals surface area (Å²) in [6, 6.07) is 7.95. The monoisotopic (exact) mass is 249 g/mol. The number of likely N-dealkylation sites (tertiary alicyclic amines) is 1. The van der Waals surface area contributed by atoms with Crippen LogP contribution in [0.1, 0.15) is 24.9 Å². The first kappa shape index (κ1) is 12.9. The molecule has 0 amide bonds. The van der Waals surface area contributed by atoms with Crippen LogP contribution in [0.4, 0.5) is 0 Å². The maximum Gasteiger partial charge on any atom is 0.323 e. The normalized spacial score (nSPS) is 20.9. The van der Waals surface area contributed by atoms with Crippen LogP contribution in [0.3, 0.4) is 0 Å². The van der Waals surface area contributed by atoms with Crippen molar-refractivity contribution in [2.45, 2.75) is 25.4 Å². The van der Waals surface area contributed by atoms with Crippen molar-refractivity contribution >= 4 is 5.97 Å². The van der Waals surface area contributed by atoms with E-state index < -0.39 is 0 Å². The SMILES string of the molecule is COC(=O)C1CCN1[C@@H](C)c1ccccc1OC. The Kier molecular flexibility index (Phi) is 3.87. The van der Waals surface area contributed by atoms with Crippen LogP contribution >= 0.6 is 0 Å². The van der Waals surface area contributed by atoms with E-state index in [2.05, 4.69) is 11.8 Å². The van der Waals surface area contributed by atoms with Gasteiger partial charge in [0.1, 0.15) is 11.8 Å². The summed E-state index contributed by atoms with van der Waals surface area (Å²) in [4.78, 5) is 13.7. The van der Waals surface area contributed by atoms with Gasteiger partial charge in [0.05, 0.1) is 14.2 Å². The lowest BCUT2D eigenvalue weighted by molar-refractivity contribution is -0.153. The highest BCUT2D eigenvalue weighted by molar-refractivity contribution is 5.76. The van der Waals surface area contributed by atoms with Crippen molar-refractivity contribution in [3.05, 3.63) is 29.8 Å². The van der Waals surface area contributed by atoms with Crippen LogP contribution in [0.25, 0.3) is 0 Å². The molecule has 0 spiro atoms. The van der Waals surface area contributed by atoms with E-state index in [1.54, 1.807) is 7.11 Å². The molecule has 1 unspecified atom stereocenters. The molecule has 18 heavy (non-hydrogen) atoms. The number of para-hydroxylation sites is 1. The molecule has 1 heterocycles. The van der Waals surface area contributed by atoms with Gasteiger partial charge in [0, 0.05) is 18.2 Å². The molecule has 4 nitrogen and oxygen atoms in total. The predicted molar refractivity (Wildman–Crippen MR) is 68.5 cm³/mol. The number of nitrogens with zero attached hydrogens (tertiary/aromatic N) is 1. The molecule has 0 N–H and O–H groups in total. The smallest absolute Gasteiger partial charge is 0.323 e. The third kappa shape index (κ3) is 2.20. The van der Waals surface area contributed by atoms with Crippen molar-refractivity contribution in [1.82, 2.24) is 4.90 Å². The molecule has 1 aliphatic heterocycles. The molecular weight excluding hydrogens is 230 g/mol. The van der Waals surface area contributed by atoms with Gasteiger partial charge in [0.15, 0.2) is 0 Å². The average Bonchev–Trinajstić information content (AvgIpc) is 2.37. The Bertz CT molecular complexity index is 433. The molecule has 1 aromatic rings. The topological polar surface area (TPSA) is 38.8 Å². The summed E-state index contributed by atoms with van der Waals surface area (Å²) in [5.41, 5.74) is 1.11. The van der Waals surface area contributed by atoms with Crippen LogP contribution in [0.15, 0.2) is 24.3 Å². The van der Waals surface area contributed by atoms with Gasteiger partial charge in [-0.15, -0.1) is 0 Å². The van der Waals surface area contributed by atoms with Crippen molar-refractivity contribution in [3.63, 3.8) is 0 Å². The van der Waals surface area contributed by atoms with Gasteiger partial charge in [-0.1, -0.05) is 18.2 Å². The molecule has 1 aromatic carbocycles. The molecule has 1 saturated heterocycles. The minimum absolute atomic E-state index is 0.116. The Morgan fingerprint density at radius 1 is 1.39 bits per heavy atom. The van der Waals surface area contributed by atoms with Crippen LogP contribution in [0.5, 0.6) is 5.75 Å². The number of hydrogen-bond acceptors (Lipinski definition) is 4. The molecule has 0 radical (unpaired) electrons. The van der Waals surface area contributed by atoms with E-state index >= 15 is 0 Å².